The third kappa shape index (κ3) is 83.9. The summed E-state index contributed by atoms with van der Waals surface area (Å²) in [5, 5.41) is 0. The fourth-order valence-electron chi connectivity index (χ4n) is 21.2. The number of likely N-dealkylation sites (N-methyl/N-ethyl adjacent to an activating group) is 1. The van der Waals surface area contributed by atoms with Crippen LogP contribution in [0.1, 0.15) is 723 Å². The van der Waals surface area contributed by atoms with E-state index in [-0.39, 0.29) is 83.7 Å². The average molecular weight is 2070 g/mol. The standard InChI is InChI=1S/C123H232O11.C5H14NO4P/c1-9-17-25-33-41-49-55-59-61-65-70-77-83-91-99-107-114(125)121(132-118(129)110-102-94-86-73-47-39-31-23-15-7,115(126)108-100-92-84-78-71-66-62-60-56-50-42-34-26-18-10-2)123(134-120(131)112-104-96-87-74-48-40-32-24-16-8,117(128)109-101-93-85-79-72-64-58-52-44-36-28-20-12-4)122(113(124)105-97-89-81-75-67-53-45-37-29-21-13-5,133-119(130)111-103-95-88-80-68-54-46-38-30-22-14-6)116(127)106-98-90-82-76-69-63-57-51-43-35-27-19-11-3;1-6(2,3)4-5-10-11(7,8)9/h9-112H2,1-8H3;4-5H2,1-3H3,(H-,7,8,9)/t122?,123-;/m1./s1. The van der Waals surface area contributed by atoms with Gasteiger partial charge in [0.05, 0.1) is 21.1 Å². The average Bonchev–Trinajstić information content (AvgIpc) is 0.679. The van der Waals surface area contributed by atoms with Crippen LogP contribution in [0.2, 0.25) is 0 Å². The van der Waals surface area contributed by atoms with Gasteiger partial charge in [0.15, 0.2) is 28.9 Å². The quantitative estimate of drug-likeness (QED) is 0.0149. The molecule has 0 spiro atoms. The largest absolute Gasteiger partial charge is 0.756 e. The summed E-state index contributed by atoms with van der Waals surface area (Å²) in [5.74, 6) is -7.54. The minimum atomic E-state index is -4.51. The van der Waals surface area contributed by atoms with E-state index in [1.807, 2.05) is 21.1 Å². The molecule has 0 rings (SSSR count). The van der Waals surface area contributed by atoms with Crippen LogP contribution in [-0.4, -0.2) is 107 Å². The lowest BCUT2D eigenvalue weighted by atomic mass is 9.58. The Balaban J connectivity index is 0. The summed E-state index contributed by atoms with van der Waals surface area (Å²) in [7, 11) is 1.19. The summed E-state index contributed by atoms with van der Waals surface area (Å²) in [6.45, 7) is 18.5. The van der Waals surface area contributed by atoms with E-state index in [9.17, 15) is 9.46 Å². The number of ketones is 5. The molecule has 0 amide bonds. The molecule has 0 aliphatic rings. The first-order valence-electron chi connectivity index (χ1n) is 64.3. The molecule has 0 aliphatic heterocycles. The molecular weight excluding hydrogens is 1820 g/mol. The van der Waals surface area contributed by atoms with Crippen molar-refractivity contribution in [2.24, 2.45) is 0 Å². The van der Waals surface area contributed by atoms with Gasteiger partial charge in [0.25, 0.3) is 24.6 Å². The van der Waals surface area contributed by atoms with E-state index < -0.39 is 77.9 Å². The molecule has 0 aliphatic carbocycles. The topological polar surface area (TPSA) is 234 Å². The lowest BCUT2D eigenvalue weighted by Gasteiger charge is -2.53. The van der Waals surface area contributed by atoms with Gasteiger partial charge in [0, 0.05) is 51.4 Å². The SMILES string of the molecule is CCCCCCCCCCCCCCCCCC(=O)C(OC(=O)CCCCCCCCCCC)(C(=O)CCCCCCCCCCCCCCCCC)[C@](OC(=O)CCCCCCCCCCC)(C(=O)CCCCCCCCCCCCCCC)C(OC(=O)CCCCCCCCCCCCC)(C(=O)CCCCCCCCCCCCC)C(=O)CCCCCCCCCCCCCCC.C[N+](C)(C)CCOP(=O)([O-])O. The first-order chi connectivity index (χ1) is 70.5. The molecule has 0 saturated heterocycles. The zero-order valence-electron chi connectivity index (χ0n) is 98.5. The van der Waals surface area contributed by atoms with Gasteiger partial charge in [-0.1, -0.05) is 620 Å². The number of phosphoric ester groups is 1. The van der Waals surface area contributed by atoms with Gasteiger partial charge in [-0.2, -0.15) is 0 Å². The molecule has 0 saturated carbocycles. The van der Waals surface area contributed by atoms with Gasteiger partial charge < -0.3 is 33.0 Å². The molecule has 0 aromatic rings. The molecule has 3 atom stereocenters. The Bertz CT molecular complexity index is 2850. The van der Waals surface area contributed by atoms with Crippen molar-refractivity contribution >= 4 is 54.6 Å². The van der Waals surface area contributed by atoms with E-state index >= 15 is 38.4 Å². The van der Waals surface area contributed by atoms with Crippen LogP contribution < -0.4 is 4.89 Å². The molecule has 0 radical (unpaired) electrons. The first-order valence-corrected chi connectivity index (χ1v) is 65.8. The third-order valence-electron chi connectivity index (χ3n) is 30.8. The van der Waals surface area contributed by atoms with Crippen LogP contribution in [0.5, 0.6) is 0 Å². The van der Waals surface area contributed by atoms with Gasteiger partial charge in [-0.25, -0.2) is 0 Å². The Morgan fingerprint density at radius 3 is 0.462 bits per heavy atom. The Morgan fingerprint density at radius 1 is 0.200 bits per heavy atom. The molecule has 17 heteroatoms. The second kappa shape index (κ2) is 106. The van der Waals surface area contributed by atoms with Gasteiger partial charge >= 0.3 is 17.9 Å². The lowest BCUT2D eigenvalue weighted by molar-refractivity contribution is -0.870. The number of Topliss-reactive ketones (excluding diaryl/α,β-unsaturated/α-hetero) is 5. The Hall–Kier alpha value is -3.17. The summed E-state index contributed by atoms with van der Waals surface area (Å²) in [5.41, 5.74) is -10.4. The highest BCUT2D eigenvalue weighted by Crippen LogP contribution is 2.51. The zero-order valence-corrected chi connectivity index (χ0v) is 99.4. The monoisotopic (exact) mass is 2070 g/mol. The number of carbonyl (C=O) groups is 8. The number of phosphoric acid groups is 1. The number of hydrogen-bond acceptors (Lipinski definition) is 14. The van der Waals surface area contributed by atoms with Crippen molar-refractivity contribution in [3.8, 4) is 0 Å². The Morgan fingerprint density at radius 2 is 0.324 bits per heavy atom. The van der Waals surface area contributed by atoms with Crippen molar-refractivity contribution in [2.45, 2.75) is 740 Å². The predicted octanol–water partition coefficient (Wildman–Crippen LogP) is 39.6. The summed E-state index contributed by atoms with van der Waals surface area (Å²) >= 11 is 0. The molecule has 858 valence electrons. The fourth-order valence-corrected chi connectivity index (χ4v) is 21.6. The van der Waals surface area contributed by atoms with Crippen molar-refractivity contribution < 1.29 is 75.9 Å². The van der Waals surface area contributed by atoms with E-state index in [0.717, 1.165) is 218 Å². The number of carbonyl (C=O) groups excluding carboxylic acids is 8. The van der Waals surface area contributed by atoms with Crippen molar-refractivity contribution in [1.82, 2.24) is 0 Å². The second-order valence-corrected chi connectivity index (χ2v) is 47.2. The molecule has 0 aromatic heterocycles. The molecular formula is C128H246NO15P. The van der Waals surface area contributed by atoms with Crippen LogP contribution in [0.4, 0.5) is 0 Å². The number of hydrogen-bond donors (Lipinski definition) is 1. The summed E-state index contributed by atoms with van der Waals surface area (Å²) in [6.07, 6.45) is 95.6. The van der Waals surface area contributed by atoms with E-state index in [1.165, 1.54) is 295 Å². The number of rotatable bonds is 118. The predicted molar refractivity (Wildman–Crippen MR) is 616 cm³/mol. The number of nitrogens with zero attached hydrogens (tertiary/aromatic N) is 1. The van der Waals surface area contributed by atoms with Crippen molar-refractivity contribution in [3.05, 3.63) is 0 Å². The van der Waals surface area contributed by atoms with Crippen LogP contribution in [-0.2, 0) is 61.7 Å². The molecule has 0 heterocycles. The molecule has 0 aromatic carbocycles. The van der Waals surface area contributed by atoms with E-state index in [0.29, 0.717) is 81.7 Å². The maximum atomic E-state index is 18.1. The van der Waals surface area contributed by atoms with E-state index in [1.54, 1.807) is 0 Å². The van der Waals surface area contributed by atoms with E-state index in [4.69, 9.17) is 19.1 Å². The van der Waals surface area contributed by atoms with Crippen LogP contribution in [0.3, 0.4) is 0 Å². The smallest absolute Gasteiger partial charge is 0.307 e. The number of esters is 3. The lowest BCUT2D eigenvalue weighted by Crippen LogP contribution is -2.84. The van der Waals surface area contributed by atoms with Gasteiger partial charge in [-0.3, -0.25) is 42.9 Å². The Labute approximate surface area is 899 Å². The van der Waals surface area contributed by atoms with Crippen LogP contribution in [0.25, 0.3) is 0 Å². The maximum Gasteiger partial charge on any atom is 0.307 e. The molecule has 2 unspecified atom stereocenters. The van der Waals surface area contributed by atoms with Crippen molar-refractivity contribution in [2.75, 3.05) is 34.3 Å². The normalized spacial score (nSPS) is 13.1. The van der Waals surface area contributed by atoms with E-state index in [2.05, 4.69) is 59.9 Å². The van der Waals surface area contributed by atoms with Crippen LogP contribution in [0.15, 0.2) is 0 Å². The molecule has 16 nitrogen and oxygen atoms in total. The van der Waals surface area contributed by atoms with Crippen LogP contribution in [0, 0.1) is 0 Å². The summed E-state index contributed by atoms with van der Waals surface area (Å²) < 4.78 is 36.7. The number of quaternary nitrogens is 1. The summed E-state index contributed by atoms with van der Waals surface area (Å²) in [4.78, 5) is 156. The van der Waals surface area contributed by atoms with Gasteiger partial charge in [-0.15, -0.1) is 0 Å². The number of unbranched alkanes of at least 4 members (excludes halogenated alkanes) is 88. The molecule has 0 fully saturated rings. The zero-order chi connectivity index (χ0) is 107. The van der Waals surface area contributed by atoms with Crippen molar-refractivity contribution in [3.63, 3.8) is 0 Å². The third-order valence-corrected chi connectivity index (χ3v) is 31.3. The minimum absolute atomic E-state index is 0.0147. The van der Waals surface area contributed by atoms with Gasteiger partial charge in [0.1, 0.15) is 13.2 Å². The fraction of sp³-hybridized carbons (Fsp3) is 0.938. The Kier molecular flexibility index (Phi) is 106. The van der Waals surface area contributed by atoms with Crippen LogP contribution >= 0.6 is 7.82 Å². The van der Waals surface area contributed by atoms with Gasteiger partial charge in [-0.05, 0) is 51.4 Å². The number of ether oxygens (including phenoxy) is 3. The minimum Gasteiger partial charge on any atom is -0.756 e. The maximum absolute atomic E-state index is 18.1. The molecule has 0 bridgehead atoms. The molecule has 145 heavy (non-hydrogen) atoms. The van der Waals surface area contributed by atoms with Crippen molar-refractivity contribution in [1.29, 1.82) is 0 Å². The summed E-state index contributed by atoms with van der Waals surface area (Å²) in [6, 6.07) is 0. The first kappa shape index (κ1) is 144. The second-order valence-electron chi connectivity index (χ2n) is 46.0. The highest BCUT2D eigenvalue weighted by molar-refractivity contribution is 7.44. The highest BCUT2D eigenvalue weighted by atomic mass is 31.2. The van der Waals surface area contributed by atoms with Gasteiger partial charge in [0.2, 0.25) is 0 Å². The highest BCUT2D eigenvalue weighted by Gasteiger charge is 2.83. The molecule has 1 N–H and O–H groups in total.